The molecule has 38 heavy (non-hydrogen) atoms. The van der Waals surface area contributed by atoms with Crippen LogP contribution in [-0.4, -0.2) is 46.0 Å². The first-order valence-electron chi connectivity index (χ1n) is 12.6. The van der Waals surface area contributed by atoms with Crippen LogP contribution in [0.2, 0.25) is 0 Å². The average molecular weight is 502 g/mol. The largest absolute Gasteiger partial charge is 0.335 e. The van der Waals surface area contributed by atoms with Gasteiger partial charge in [0.25, 0.3) is 0 Å². The molecule has 6 aromatic heterocycles. The summed E-state index contributed by atoms with van der Waals surface area (Å²) < 4.78 is 0. The van der Waals surface area contributed by atoms with Crippen molar-refractivity contribution in [2.75, 3.05) is 5.32 Å². The van der Waals surface area contributed by atoms with E-state index in [0.29, 0.717) is 17.2 Å². The van der Waals surface area contributed by atoms with Gasteiger partial charge < -0.3 is 10.3 Å². The maximum absolute atomic E-state index is 12.6. The van der Waals surface area contributed by atoms with Gasteiger partial charge in [-0.25, -0.2) is 4.98 Å². The maximum Gasteiger partial charge on any atom is 0.227 e. The molecule has 10 nitrogen and oxygen atoms in total. The molecular weight excluding hydrogens is 478 g/mol. The molecule has 6 heterocycles. The lowest BCUT2D eigenvalue weighted by Gasteiger charge is -2.11. The number of amides is 1. The lowest BCUT2D eigenvalue weighted by atomic mass is 10.1. The second-order valence-electron chi connectivity index (χ2n) is 9.53. The minimum absolute atomic E-state index is 0.0620. The maximum atomic E-state index is 12.6. The van der Waals surface area contributed by atoms with Crippen LogP contribution in [0.5, 0.6) is 0 Å². The molecule has 7 rings (SSSR count). The Balaban J connectivity index is 1.25. The van der Waals surface area contributed by atoms with Gasteiger partial charge >= 0.3 is 0 Å². The van der Waals surface area contributed by atoms with Gasteiger partial charge in [0, 0.05) is 52.8 Å². The van der Waals surface area contributed by atoms with E-state index in [9.17, 15) is 4.79 Å². The molecule has 0 aromatic carbocycles. The Morgan fingerprint density at radius 1 is 0.921 bits per heavy atom. The Morgan fingerprint density at radius 3 is 2.66 bits per heavy atom. The van der Waals surface area contributed by atoms with Gasteiger partial charge in [-0.1, -0.05) is 18.9 Å². The van der Waals surface area contributed by atoms with Crippen LogP contribution in [0.4, 0.5) is 5.69 Å². The number of nitrogens with zero attached hydrogens (tertiary/aromatic N) is 6. The third-order valence-electron chi connectivity index (χ3n) is 7.07. The monoisotopic (exact) mass is 501 g/mol. The number of H-pyrrole nitrogens is 2. The molecule has 0 atom stereocenters. The molecule has 0 spiro atoms. The highest BCUT2D eigenvalue weighted by molar-refractivity contribution is 5.97. The molecule has 0 bridgehead atoms. The minimum Gasteiger partial charge on any atom is -0.335 e. The van der Waals surface area contributed by atoms with Gasteiger partial charge in [0.1, 0.15) is 11.2 Å². The fraction of sp³-hybridized carbons (Fsp3) is 0.179. The Labute approximate surface area is 217 Å². The number of rotatable bonds is 5. The van der Waals surface area contributed by atoms with E-state index in [4.69, 9.17) is 4.98 Å². The standard InChI is InChI=1S/C28H23N9O/c38-28(16-4-1-2-5-16)33-19-8-18(11-30-12-19)22-9-20-23(15-32-22)36-37-26(20)27-34-24-14-31-13-21(25(24)35-27)17-6-3-7-29-10-17/h3,6-16H,1-2,4-5H2,(H,33,38)(H,34,35)(H,36,37). The number of anilines is 1. The summed E-state index contributed by atoms with van der Waals surface area (Å²) in [5, 5.41) is 11.5. The van der Waals surface area contributed by atoms with Crippen molar-refractivity contribution in [1.82, 2.24) is 40.1 Å². The highest BCUT2D eigenvalue weighted by Crippen LogP contribution is 2.32. The summed E-state index contributed by atoms with van der Waals surface area (Å²) in [6.07, 6.45) is 16.4. The molecule has 186 valence electrons. The van der Waals surface area contributed by atoms with Crippen LogP contribution in [0.25, 0.3) is 55.8 Å². The van der Waals surface area contributed by atoms with Crippen LogP contribution in [0.1, 0.15) is 25.7 Å². The first kappa shape index (κ1) is 22.2. The van der Waals surface area contributed by atoms with Gasteiger partial charge in [-0.15, -0.1) is 0 Å². The van der Waals surface area contributed by atoms with E-state index in [1.54, 1.807) is 43.4 Å². The first-order valence-corrected chi connectivity index (χ1v) is 12.6. The molecule has 1 amide bonds. The third kappa shape index (κ3) is 3.96. The highest BCUT2D eigenvalue weighted by Gasteiger charge is 2.23. The van der Waals surface area contributed by atoms with Crippen molar-refractivity contribution in [3.63, 3.8) is 0 Å². The number of carbonyl (C=O) groups is 1. The van der Waals surface area contributed by atoms with Gasteiger partial charge in [0.2, 0.25) is 5.91 Å². The minimum atomic E-state index is 0.0620. The molecule has 1 aliphatic rings. The number of aromatic nitrogens is 8. The number of aromatic amines is 2. The normalized spacial score (nSPS) is 13.9. The van der Waals surface area contributed by atoms with Gasteiger partial charge in [0.15, 0.2) is 5.82 Å². The van der Waals surface area contributed by atoms with Crippen molar-refractivity contribution < 1.29 is 4.79 Å². The number of fused-ring (bicyclic) bond motifs is 2. The molecule has 1 aliphatic carbocycles. The van der Waals surface area contributed by atoms with Crippen molar-refractivity contribution in [1.29, 1.82) is 0 Å². The fourth-order valence-electron chi connectivity index (χ4n) is 5.11. The smallest absolute Gasteiger partial charge is 0.227 e. The van der Waals surface area contributed by atoms with Crippen LogP contribution in [-0.2, 0) is 4.79 Å². The Hall–Kier alpha value is -4.99. The van der Waals surface area contributed by atoms with Crippen LogP contribution in [0.3, 0.4) is 0 Å². The topological polar surface area (TPSA) is 138 Å². The summed E-state index contributed by atoms with van der Waals surface area (Å²) in [5.41, 5.74) is 7.09. The van der Waals surface area contributed by atoms with Crippen LogP contribution >= 0.6 is 0 Å². The summed E-state index contributed by atoms with van der Waals surface area (Å²) >= 11 is 0. The lowest BCUT2D eigenvalue weighted by Crippen LogP contribution is -2.20. The fourth-order valence-corrected chi connectivity index (χ4v) is 5.11. The van der Waals surface area contributed by atoms with Crippen LogP contribution in [0.15, 0.2) is 67.6 Å². The first-order chi connectivity index (χ1) is 18.7. The summed E-state index contributed by atoms with van der Waals surface area (Å²) in [6, 6.07) is 7.74. The number of nitrogens with one attached hydrogen (secondary N) is 3. The molecule has 3 N–H and O–H groups in total. The molecule has 0 radical (unpaired) electrons. The molecule has 1 fully saturated rings. The molecule has 1 saturated carbocycles. The van der Waals surface area contributed by atoms with Crippen LogP contribution in [0, 0.1) is 5.92 Å². The van der Waals surface area contributed by atoms with E-state index in [1.807, 2.05) is 24.3 Å². The van der Waals surface area contributed by atoms with Gasteiger partial charge in [-0.05, 0) is 31.0 Å². The second-order valence-corrected chi connectivity index (χ2v) is 9.53. The molecule has 6 aromatic rings. The Bertz CT molecular complexity index is 1780. The van der Waals surface area contributed by atoms with E-state index in [-0.39, 0.29) is 11.8 Å². The van der Waals surface area contributed by atoms with Gasteiger partial charge in [-0.3, -0.25) is 29.8 Å². The van der Waals surface area contributed by atoms with Crippen molar-refractivity contribution in [3.8, 4) is 33.9 Å². The summed E-state index contributed by atoms with van der Waals surface area (Å²) in [5.74, 6) is 0.767. The van der Waals surface area contributed by atoms with Gasteiger partial charge in [0.05, 0.1) is 41.0 Å². The zero-order valence-corrected chi connectivity index (χ0v) is 20.3. The third-order valence-corrected chi connectivity index (χ3v) is 7.07. The molecule has 0 saturated heterocycles. The van der Waals surface area contributed by atoms with Gasteiger partial charge in [-0.2, -0.15) is 5.10 Å². The highest BCUT2D eigenvalue weighted by atomic mass is 16.1. The van der Waals surface area contributed by atoms with E-state index in [0.717, 1.165) is 70.0 Å². The molecule has 10 heteroatoms. The quantitative estimate of drug-likeness (QED) is 0.297. The number of hydrogen-bond acceptors (Lipinski definition) is 7. The molecular formula is C28H23N9O. The summed E-state index contributed by atoms with van der Waals surface area (Å²) in [4.78, 5) is 38.4. The lowest BCUT2D eigenvalue weighted by molar-refractivity contribution is -0.119. The number of hydrogen-bond donors (Lipinski definition) is 3. The zero-order chi connectivity index (χ0) is 25.5. The van der Waals surface area contributed by atoms with E-state index >= 15 is 0 Å². The van der Waals surface area contributed by atoms with Crippen molar-refractivity contribution in [2.45, 2.75) is 25.7 Å². The predicted molar refractivity (Wildman–Crippen MR) is 144 cm³/mol. The number of imidazole rings is 1. The van der Waals surface area contributed by atoms with E-state index in [1.165, 1.54) is 0 Å². The number of pyridine rings is 4. The van der Waals surface area contributed by atoms with E-state index in [2.05, 4.69) is 40.4 Å². The average Bonchev–Trinajstić information content (AvgIpc) is 3.73. The molecule has 0 unspecified atom stereocenters. The summed E-state index contributed by atoms with van der Waals surface area (Å²) in [6.45, 7) is 0. The molecule has 0 aliphatic heterocycles. The van der Waals surface area contributed by atoms with Crippen LogP contribution < -0.4 is 5.32 Å². The predicted octanol–water partition coefficient (Wildman–Crippen LogP) is 5.15. The Morgan fingerprint density at radius 2 is 1.79 bits per heavy atom. The summed E-state index contributed by atoms with van der Waals surface area (Å²) in [7, 11) is 0. The van der Waals surface area contributed by atoms with Crippen molar-refractivity contribution in [2.24, 2.45) is 5.92 Å². The number of carbonyl (C=O) groups excluding carboxylic acids is 1. The SMILES string of the molecule is O=C(Nc1cncc(-c2cc3c(-c4nc5c(-c6cccnc6)cncc5[nH]4)n[nH]c3cn2)c1)C1CCCC1. The zero-order valence-electron chi connectivity index (χ0n) is 20.3. The Kier molecular flexibility index (Phi) is 5.35. The van der Waals surface area contributed by atoms with Crippen molar-refractivity contribution >= 4 is 33.5 Å². The second kappa shape index (κ2) is 9.15. The van der Waals surface area contributed by atoms with E-state index < -0.39 is 0 Å². The van der Waals surface area contributed by atoms with Crippen molar-refractivity contribution in [3.05, 3.63) is 67.6 Å².